The largest absolute Gasteiger partial charge is 0.481 e. The molecule has 0 aliphatic heterocycles. The molecule has 0 saturated carbocycles. The molecule has 0 saturated heterocycles. The first-order chi connectivity index (χ1) is 13.6. The number of carbonyl (C=O) groups excluding carboxylic acids is 1. The zero-order chi connectivity index (χ0) is 21.5. The number of nitrogens with zero attached hydrogens (tertiary/aromatic N) is 3. The van der Waals surface area contributed by atoms with Crippen molar-refractivity contribution in [1.82, 2.24) is 20.1 Å². The van der Waals surface area contributed by atoms with E-state index in [4.69, 9.17) is 9.40 Å². The van der Waals surface area contributed by atoms with Gasteiger partial charge in [-0.25, -0.2) is 9.67 Å². The topological polar surface area (TPSA) is 110 Å². The SMILES string of the molecule is Cc1cc(-c2cc(C(=O)NC(C)C(C)C(=O)O)c3cnn(C(C)C)c3n2)c(C)o1. The predicted molar refractivity (Wildman–Crippen MR) is 109 cm³/mol. The minimum Gasteiger partial charge on any atom is -0.481 e. The number of aromatic nitrogens is 3. The first-order valence-electron chi connectivity index (χ1n) is 9.59. The smallest absolute Gasteiger partial charge is 0.308 e. The second kappa shape index (κ2) is 7.69. The summed E-state index contributed by atoms with van der Waals surface area (Å²) >= 11 is 0. The molecule has 0 aliphatic rings. The highest BCUT2D eigenvalue weighted by atomic mass is 16.4. The van der Waals surface area contributed by atoms with Crippen LogP contribution in [0.2, 0.25) is 0 Å². The molecular formula is C21H26N4O4. The number of hydrogen-bond donors (Lipinski definition) is 2. The van der Waals surface area contributed by atoms with Gasteiger partial charge in [0, 0.05) is 17.6 Å². The highest BCUT2D eigenvalue weighted by molar-refractivity contribution is 6.06. The van der Waals surface area contributed by atoms with Gasteiger partial charge in [-0.2, -0.15) is 5.10 Å². The molecular weight excluding hydrogens is 372 g/mol. The average Bonchev–Trinajstić information content (AvgIpc) is 3.22. The normalized spacial score (nSPS) is 13.6. The Kier molecular flexibility index (Phi) is 5.46. The molecule has 3 rings (SSSR count). The lowest BCUT2D eigenvalue weighted by molar-refractivity contribution is -0.141. The maximum Gasteiger partial charge on any atom is 0.308 e. The number of fused-ring (bicyclic) bond motifs is 1. The summed E-state index contributed by atoms with van der Waals surface area (Å²) < 4.78 is 7.40. The standard InChI is InChI=1S/C21H26N4O4/c1-10(2)25-19-17(9-22-25)16(20(26)23-13(5)12(4)21(27)28)8-18(24-19)15-7-11(3)29-14(15)6/h7-10,12-13H,1-6H3,(H,23,26)(H,27,28). The summed E-state index contributed by atoms with van der Waals surface area (Å²) in [6.45, 7) is 10.9. The highest BCUT2D eigenvalue weighted by Crippen LogP contribution is 2.30. The lowest BCUT2D eigenvalue weighted by Crippen LogP contribution is -2.40. The van der Waals surface area contributed by atoms with Crippen LogP contribution in [0.15, 0.2) is 22.7 Å². The van der Waals surface area contributed by atoms with E-state index in [0.29, 0.717) is 28.1 Å². The summed E-state index contributed by atoms with van der Waals surface area (Å²) in [5.74, 6) is -0.570. The Hall–Kier alpha value is -3.16. The third-order valence-corrected chi connectivity index (χ3v) is 5.12. The van der Waals surface area contributed by atoms with Crippen molar-refractivity contribution in [1.29, 1.82) is 0 Å². The third kappa shape index (κ3) is 3.87. The summed E-state index contributed by atoms with van der Waals surface area (Å²) in [4.78, 5) is 29.1. The van der Waals surface area contributed by atoms with E-state index in [2.05, 4.69) is 10.4 Å². The van der Waals surface area contributed by atoms with Crippen molar-refractivity contribution >= 4 is 22.9 Å². The van der Waals surface area contributed by atoms with E-state index in [1.165, 1.54) is 0 Å². The Bertz CT molecular complexity index is 1080. The van der Waals surface area contributed by atoms with Gasteiger partial charge >= 0.3 is 5.97 Å². The van der Waals surface area contributed by atoms with Crippen LogP contribution in [-0.4, -0.2) is 37.8 Å². The number of hydrogen-bond acceptors (Lipinski definition) is 5. The number of furan rings is 1. The van der Waals surface area contributed by atoms with Crippen LogP contribution in [0.25, 0.3) is 22.3 Å². The fraction of sp³-hybridized carbons (Fsp3) is 0.429. The second-order valence-corrected chi connectivity index (χ2v) is 7.69. The van der Waals surface area contributed by atoms with Crippen molar-refractivity contribution < 1.29 is 19.1 Å². The molecule has 0 aromatic carbocycles. The van der Waals surface area contributed by atoms with E-state index in [0.717, 1.165) is 11.3 Å². The molecule has 0 radical (unpaired) electrons. The van der Waals surface area contributed by atoms with Gasteiger partial charge < -0.3 is 14.8 Å². The highest BCUT2D eigenvalue weighted by Gasteiger charge is 2.24. The summed E-state index contributed by atoms with van der Waals surface area (Å²) in [7, 11) is 0. The van der Waals surface area contributed by atoms with Gasteiger partial charge in [-0.15, -0.1) is 0 Å². The molecule has 3 heterocycles. The van der Waals surface area contributed by atoms with Crippen LogP contribution in [0, 0.1) is 19.8 Å². The average molecular weight is 398 g/mol. The van der Waals surface area contributed by atoms with Gasteiger partial charge in [-0.05, 0) is 53.7 Å². The van der Waals surface area contributed by atoms with E-state index >= 15 is 0 Å². The first kappa shape index (κ1) is 20.6. The Morgan fingerprint density at radius 2 is 1.86 bits per heavy atom. The van der Waals surface area contributed by atoms with Crippen LogP contribution in [0.3, 0.4) is 0 Å². The van der Waals surface area contributed by atoms with E-state index in [-0.39, 0.29) is 11.9 Å². The van der Waals surface area contributed by atoms with E-state index < -0.39 is 17.9 Å². The van der Waals surface area contributed by atoms with Crippen LogP contribution in [0.5, 0.6) is 0 Å². The van der Waals surface area contributed by atoms with Crippen molar-refractivity contribution in [3.63, 3.8) is 0 Å². The lowest BCUT2D eigenvalue weighted by atomic mass is 10.0. The molecule has 2 N–H and O–H groups in total. The molecule has 1 amide bonds. The number of aryl methyl sites for hydroxylation is 2. The molecule has 0 fully saturated rings. The van der Waals surface area contributed by atoms with Gasteiger partial charge in [0.05, 0.1) is 28.8 Å². The maximum absolute atomic E-state index is 13.1. The van der Waals surface area contributed by atoms with Crippen LogP contribution in [0.1, 0.15) is 55.6 Å². The molecule has 29 heavy (non-hydrogen) atoms. The zero-order valence-corrected chi connectivity index (χ0v) is 17.5. The third-order valence-electron chi connectivity index (χ3n) is 5.12. The predicted octanol–water partition coefficient (Wildman–Crippen LogP) is 3.73. The summed E-state index contributed by atoms with van der Waals surface area (Å²) in [6.07, 6.45) is 1.62. The number of aliphatic carboxylic acids is 1. The van der Waals surface area contributed by atoms with Gasteiger partial charge in [0.2, 0.25) is 0 Å². The fourth-order valence-electron chi connectivity index (χ4n) is 3.23. The summed E-state index contributed by atoms with van der Waals surface area (Å²) in [5, 5.41) is 17.0. The molecule has 2 atom stereocenters. The summed E-state index contributed by atoms with van der Waals surface area (Å²) in [6, 6.07) is 3.12. The number of pyridine rings is 1. The van der Waals surface area contributed by atoms with Crippen LogP contribution >= 0.6 is 0 Å². The van der Waals surface area contributed by atoms with Gasteiger partial charge in [0.15, 0.2) is 5.65 Å². The first-order valence-corrected chi connectivity index (χ1v) is 9.59. The van der Waals surface area contributed by atoms with Gasteiger partial charge in [0.25, 0.3) is 5.91 Å². The number of rotatable bonds is 6. The van der Waals surface area contributed by atoms with E-state index in [1.807, 2.05) is 33.8 Å². The molecule has 0 bridgehead atoms. The van der Waals surface area contributed by atoms with Crippen molar-refractivity contribution in [3.8, 4) is 11.3 Å². The minimum absolute atomic E-state index is 0.0595. The Morgan fingerprint density at radius 3 is 2.41 bits per heavy atom. The summed E-state index contributed by atoms with van der Waals surface area (Å²) in [5.41, 5.74) is 2.42. The molecule has 8 heteroatoms. The maximum atomic E-state index is 13.1. The fourth-order valence-corrected chi connectivity index (χ4v) is 3.23. The molecule has 3 aromatic rings. The molecule has 154 valence electrons. The number of carboxylic acids is 1. The Balaban J connectivity index is 2.13. The number of carboxylic acid groups (broad SMARTS) is 1. The second-order valence-electron chi connectivity index (χ2n) is 7.69. The minimum atomic E-state index is -0.963. The van der Waals surface area contributed by atoms with Crippen molar-refractivity contribution in [2.24, 2.45) is 5.92 Å². The molecule has 2 unspecified atom stereocenters. The molecule has 8 nitrogen and oxygen atoms in total. The van der Waals surface area contributed by atoms with Gasteiger partial charge in [-0.1, -0.05) is 0 Å². The van der Waals surface area contributed by atoms with Crippen LogP contribution < -0.4 is 5.32 Å². The van der Waals surface area contributed by atoms with Crippen LogP contribution in [0.4, 0.5) is 0 Å². The Morgan fingerprint density at radius 1 is 1.17 bits per heavy atom. The lowest BCUT2D eigenvalue weighted by Gasteiger charge is -2.18. The monoisotopic (exact) mass is 398 g/mol. The molecule has 0 aliphatic carbocycles. The molecule has 0 spiro atoms. The van der Waals surface area contributed by atoms with Crippen molar-refractivity contribution in [2.75, 3.05) is 0 Å². The van der Waals surface area contributed by atoms with Crippen molar-refractivity contribution in [2.45, 2.75) is 53.6 Å². The van der Waals surface area contributed by atoms with Gasteiger partial charge in [-0.3, -0.25) is 9.59 Å². The zero-order valence-electron chi connectivity index (χ0n) is 17.5. The Labute approximate surface area is 168 Å². The van der Waals surface area contributed by atoms with Gasteiger partial charge in [0.1, 0.15) is 11.5 Å². The van der Waals surface area contributed by atoms with Crippen molar-refractivity contribution in [3.05, 3.63) is 35.4 Å². The number of amides is 1. The number of nitrogens with one attached hydrogen (secondary N) is 1. The van der Waals surface area contributed by atoms with E-state index in [1.54, 1.807) is 30.8 Å². The quantitative estimate of drug-likeness (QED) is 0.655. The number of carbonyl (C=O) groups is 2. The molecule has 3 aromatic heterocycles. The van der Waals surface area contributed by atoms with E-state index in [9.17, 15) is 14.7 Å². The van der Waals surface area contributed by atoms with Crippen LogP contribution in [-0.2, 0) is 4.79 Å².